The van der Waals surface area contributed by atoms with E-state index in [0.29, 0.717) is 23.6 Å². The summed E-state index contributed by atoms with van der Waals surface area (Å²) >= 11 is 0. The standard InChI is InChI=1S/C18H28N4O/c1-3-15-8-4-5-12-22(15)17(23)16-9-10-19-18(20-16)21-11-6-7-14(2)13-21/h9-10,14-15H,3-8,11-13H2,1-2H3. The molecule has 0 spiro atoms. The lowest BCUT2D eigenvalue weighted by atomic mass is 9.99. The molecule has 2 aliphatic heterocycles. The minimum Gasteiger partial charge on any atom is -0.341 e. The molecule has 2 aliphatic rings. The number of likely N-dealkylation sites (tertiary alicyclic amines) is 1. The van der Waals surface area contributed by atoms with E-state index in [0.717, 1.165) is 38.9 Å². The molecule has 2 unspecified atom stereocenters. The van der Waals surface area contributed by atoms with Gasteiger partial charge in [-0.05, 0) is 50.5 Å². The quantitative estimate of drug-likeness (QED) is 0.859. The molecule has 1 aromatic rings. The van der Waals surface area contributed by atoms with Gasteiger partial charge in [-0.1, -0.05) is 13.8 Å². The lowest BCUT2D eigenvalue weighted by molar-refractivity contribution is 0.0602. The Morgan fingerprint density at radius 2 is 2.13 bits per heavy atom. The van der Waals surface area contributed by atoms with E-state index in [9.17, 15) is 4.79 Å². The third-order valence-electron chi connectivity index (χ3n) is 5.16. The van der Waals surface area contributed by atoms with E-state index in [1.54, 1.807) is 12.3 Å². The van der Waals surface area contributed by atoms with Crippen LogP contribution in [-0.4, -0.2) is 46.5 Å². The highest BCUT2D eigenvalue weighted by atomic mass is 16.2. The Kier molecular flexibility index (Phi) is 5.13. The summed E-state index contributed by atoms with van der Waals surface area (Å²) in [6.45, 7) is 7.26. The van der Waals surface area contributed by atoms with Crippen molar-refractivity contribution < 1.29 is 4.79 Å². The smallest absolute Gasteiger partial charge is 0.272 e. The van der Waals surface area contributed by atoms with Crippen molar-refractivity contribution in [2.45, 2.75) is 58.4 Å². The fraction of sp³-hybridized carbons (Fsp3) is 0.722. The molecule has 2 fully saturated rings. The summed E-state index contributed by atoms with van der Waals surface area (Å²) in [5.41, 5.74) is 0.550. The summed E-state index contributed by atoms with van der Waals surface area (Å²) in [5, 5.41) is 0. The highest BCUT2D eigenvalue weighted by Crippen LogP contribution is 2.23. The van der Waals surface area contributed by atoms with Crippen molar-refractivity contribution >= 4 is 11.9 Å². The Balaban J connectivity index is 1.77. The van der Waals surface area contributed by atoms with Crippen molar-refractivity contribution in [3.63, 3.8) is 0 Å². The summed E-state index contributed by atoms with van der Waals surface area (Å²) in [6.07, 6.45) is 8.64. The molecule has 23 heavy (non-hydrogen) atoms. The van der Waals surface area contributed by atoms with Gasteiger partial charge in [0.25, 0.3) is 5.91 Å². The van der Waals surface area contributed by atoms with Crippen molar-refractivity contribution in [2.75, 3.05) is 24.5 Å². The molecule has 0 radical (unpaired) electrons. The molecule has 5 nitrogen and oxygen atoms in total. The van der Waals surface area contributed by atoms with Crippen LogP contribution in [0.1, 0.15) is 62.9 Å². The second kappa shape index (κ2) is 7.28. The van der Waals surface area contributed by atoms with Crippen LogP contribution in [0.3, 0.4) is 0 Å². The maximum atomic E-state index is 12.9. The normalized spacial score (nSPS) is 25.5. The number of rotatable bonds is 3. The van der Waals surface area contributed by atoms with Crippen LogP contribution in [-0.2, 0) is 0 Å². The van der Waals surface area contributed by atoms with Gasteiger partial charge in [-0.2, -0.15) is 0 Å². The maximum Gasteiger partial charge on any atom is 0.272 e. The van der Waals surface area contributed by atoms with Crippen LogP contribution in [0.5, 0.6) is 0 Å². The van der Waals surface area contributed by atoms with E-state index in [4.69, 9.17) is 0 Å². The van der Waals surface area contributed by atoms with E-state index in [-0.39, 0.29) is 5.91 Å². The van der Waals surface area contributed by atoms with Crippen molar-refractivity contribution in [1.82, 2.24) is 14.9 Å². The van der Waals surface area contributed by atoms with Crippen molar-refractivity contribution in [1.29, 1.82) is 0 Å². The molecule has 0 saturated carbocycles. The monoisotopic (exact) mass is 316 g/mol. The van der Waals surface area contributed by atoms with E-state index in [2.05, 4.69) is 28.7 Å². The zero-order chi connectivity index (χ0) is 16.2. The van der Waals surface area contributed by atoms with E-state index >= 15 is 0 Å². The largest absolute Gasteiger partial charge is 0.341 e. The Bertz CT molecular complexity index is 548. The summed E-state index contributed by atoms with van der Waals surface area (Å²) in [4.78, 5) is 26.1. The Labute approximate surface area is 139 Å². The van der Waals surface area contributed by atoms with E-state index in [1.165, 1.54) is 19.3 Å². The molecule has 3 heterocycles. The number of hydrogen-bond acceptors (Lipinski definition) is 4. The van der Waals surface area contributed by atoms with Crippen LogP contribution in [0.4, 0.5) is 5.95 Å². The van der Waals surface area contributed by atoms with Gasteiger partial charge in [0.15, 0.2) is 0 Å². The summed E-state index contributed by atoms with van der Waals surface area (Å²) in [5.74, 6) is 1.45. The Hall–Kier alpha value is -1.65. The van der Waals surface area contributed by atoms with Gasteiger partial charge < -0.3 is 9.80 Å². The molecule has 0 bridgehead atoms. The number of anilines is 1. The number of carbonyl (C=O) groups excluding carboxylic acids is 1. The second-order valence-electron chi connectivity index (χ2n) is 6.99. The molecule has 126 valence electrons. The van der Waals surface area contributed by atoms with Crippen molar-refractivity contribution in [2.24, 2.45) is 5.92 Å². The first-order valence-electron chi connectivity index (χ1n) is 9.08. The first kappa shape index (κ1) is 16.2. The molecule has 0 N–H and O–H groups in total. The first-order chi connectivity index (χ1) is 11.2. The minimum atomic E-state index is 0.0743. The summed E-state index contributed by atoms with van der Waals surface area (Å²) in [6, 6.07) is 2.13. The predicted octanol–water partition coefficient (Wildman–Crippen LogP) is 3.12. The van der Waals surface area contributed by atoms with Crippen LogP contribution >= 0.6 is 0 Å². The van der Waals surface area contributed by atoms with Crippen LogP contribution < -0.4 is 4.90 Å². The van der Waals surface area contributed by atoms with Crippen LogP contribution in [0.15, 0.2) is 12.3 Å². The van der Waals surface area contributed by atoms with Crippen LogP contribution in [0, 0.1) is 5.92 Å². The molecule has 2 atom stereocenters. The average Bonchev–Trinajstić information content (AvgIpc) is 2.61. The van der Waals surface area contributed by atoms with Gasteiger partial charge in [-0.25, -0.2) is 9.97 Å². The molecule has 0 aliphatic carbocycles. The molecule has 1 amide bonds. The lowest BCUT2D eigenvalue weighted by Crippen LogP contribution is -2.44. The average molecular weight is 316 g/mol. The number of carbonyl (C=O) groups is 1. The second-order valence-corrected chi connectivity index (χ2v) is 6.99. The number of piperidine rings is 2. The molecule has 1 aromatic heterocycles. The minimum absolute atomic E-state index is 0.0743. The van der Waals surface area contributed by atoms with Gasteiger partial charge in [-0.15, -0.1) is 0 Å². The lowest BCUT2D eigenvalue weighted by Gasteiger charge is -2.35. The van der Waals surface area contributed by atoms with Gasteiger partial charge in [0.2, 0.25) is 5.95 Å². The maximum absolute atomic E-state index is 12.9. The Morgan fingerprint density at radius 1 is 1.26 bits per heavy atom. The van der Waals surface area contributed by atoms with Crippen LogP contribution in [0.2, 0.25) is 0 Å². The molecular formula is C18H28N4O. The predicted molar refractivity (Wildman–Crippen MR) is 91.6 cm³/mol. The number of nitrogens with zero attached hydrogens (tertiary/aromatic N) is 4. The fourth-order valence-electron chi connectivity index (χ4n) is 3.83. The first-order valence-corrected chi connectivity index (χ1v) is 9.08. The highest BCUT2D eigenvalue weighted by Gasteiger charge is 2.28. The molecule has 2 saturated heterocycles. The highest BCUT2D eigenvalue weighted by molar-refractivity contribution is 5.92. The van der Waals surface area contributed by atoms with Gasteiger partial charge in [-0.3, -0.25) is 4.79 Å². The third-order valence-corrected chi connectivity index (χ3v) is 5.16. The SMILES string of the molecule is CCC1CCCCN1C(=O)c1ccnc(N2CCCC(C)C2)n1. The van der Waals surface area contributed by atoms with Gasteiger partial charge in [0.1, 0.15) is 5.69 Å². The fourth-order valence-corrected chi connectivity index (χ4v) is 3.83. The third kappa shape index (κ3) is 3.65. The Morgan fingerprint density at radius 3 is 2.91 bits per heavy atom. The van der Waals surface area contributed by atoms with Crippen LogP contribution in [0.25, 0.3) is 0 Å². The summed E-state index contributed by atoms with van der Waals surface area (Å²) < 4.78 is 0. The van der Waals surface area contributed by atoms with E-state index in [1.807, 2.05) is 4.90 Å². The van der Waals surface area contributed by atoms with Crippen molar-refractivity contribution in [3.05, 3.63) is 18.0 Å². The summed E-state index contributed by atoms with van der Waals surface area (Å²) in [7, 11) is 0. The van der Waals surface area contributed by atoms with Gasteiger partial charge in [0.05, 0.1) is 0 Å². The number of hydrogen-bond donors (Lipinski definition) is 0. The van der Waals surface area contributed by atoms with Gasteiger partial charge >= 0.3 is 0 Å². The zero-order valence-corrected chi connectivity index (χ0v) is 14.4. The molecule has 3 rings (SSSR count). The topological polar surface area (TPSA) is 49.3 Å². The van der Waals surface area contributed by atoms with Gasteiger partial charge in [0, 0.05) is 31.9 Å². The molecule has 0 aromatic carbocycles. The van der Waals surface area contributed by atoms with Crippen molar-refractivity contribution in [3.8, 4) is 0 Å². The van der Waals surface area contributed by atoms with E-state index < -0.39 is 0 Å². The molecular weight excluding hydrogens is 288 g/mol. The number of amides is 1. The number of aromatic nitrogens is 2. The zero-order valence-electron chi connectivity index (χ0n) is 14.4. The molecule has 5 heteroatoms.